The van der Waals surface area contributed by atoms with E-state index < -0.39 is 0 Å². The van der Waals surface area contributed by atoms with Crippen LogP contribution in [0.1, 0.15) is 95.0 Å². The molecule has 0 heterocycles. The Hall–Kier alpha value is -1.35. The van der Waals surface area contributed by atoms with Crippen molar-refractivity contribution in [3.8, 4) is 0 Å². The molecule has 0 spiro atoms. The van der Waals surface area contributed by atoms with E-state index in [2.05, 4.69) is 27.7 Å². The fourth-order valence-corrected chi connectivity index (χ4v) is 3.92. The second-order valence-electron chi connectivity index (χ2n) is 8.77. The molecule has 1 aliphatic rings. The summed E-state index contributed by atoms with van der Waals surface area (Å²) >= 11 is 0. The zero-order valence-corrected chi connectivity index (χ0v) is 17.1. The van der Waals surface area contributed by atoms with E-state index in [4.69, 9.17) is 9.78 Å². The van der Waals surface area contributed by atoms with Gasteiger partial charge in [-0.2, -0.15) is 4.89 Å². The molecule has 26 heavy (non-hydrogen) atoms. The van der Waals surface area contributed by atoms with Crippen LogP contribution in [-0.4, -0.2) is 12.1 Å². The van der Waals surface area contributed by atoms with Crippen LogP contribution in [0.25, 0.3) is 0 Å². The lowest BCUT2D eigenvalue weighted by atomic mass is 9.71. The van der Waals surface area contributed by atoms with E-state index in [1.165, 1.54) is 37.7 Å². The first-order valence-corrected chi connectivity index (χ1v) is 10.4. The summed E-state index contributed by atoms with van der Waals surface area (Å²) in [5.41, 5.74) is 2.00. The van der Waals surface area contributed by atoms with Gasteiger partial charge in [-0.25, -0.2) is 4.79 Å². The van der Waals surface area contributed by atoms with Gasteiger partial charge in [0.1, 0.15) is 6.10 Å². The predicted octanol–water partition coefficient (Wildman–Crippen LogP) is 6.50. The largest absolute Gasteiger partial charge is 0.373 e. The number of benzene rings is 1. The van der Waals surface area contributed by atoms with Crippen molar-refractivity contribution in [3.05, 3.63) is 35.4 Å². The van der Waals surface area contributed by atoms with Gasteiger partial charge in [-0.1, -0.05) is 71.9 Å². The molecule has 0 aromatic heterocycles. The highest BCUT2D eigenvalue weighted by molar-refractivity contribution is 5.88. The number of aryl methyl sites for hydroxylation is 1. The minimum Gasteiger partial charge on any atom is -0.293 e. The highest BCUT2D eigenvalue weighted by atomic mass is 17.2. The minimum atomic E-state index is -0.388. The first kappa shape index (κ1) is 21.0. The molecule has 2 rings (SSSR count). The molecule has 0 radical (unpaired) electrons. The number of hydrogen-bond donors (Lipinski definition) is 0. The number of unbranched alkanes of at least 4 members (excludes halogenated alkanes) is 3. The summed E-state index contributed by atoms with van der Waals surface area (Å²) in [5, 5.41) is 0. The maximum Gasteiger partial charge on any atom is 0.373 e. The monoisotopic (exact) mass is 360 g/mol. The molecule has 0 aliphatic heterocycles. The normalized spacial score (nSPS) is 20.8. The van der Waals surface area contributed by atoms with Crippen LogP contribution < -0.4 is 0 Å². The van der Waals surface area contributed by atoms with Gasteiger partial charge in [-0.15, -0.1) is 0 Å². The van der Waals surface area contributed by atoms with Crippen molar-refractivity contribution in [2.24, 2.45) is 11.3 Å². The zero-order chi connectivity index (χ0) is 19.0. The summed E-state index contributed by atoms with van der Waals surface area (Å²) in [6.07, 6.45) is 10.6. The number of carbonyl (C=O) groups excluding carboxylic acids is 1. The summed E-state index contributed by atoms with van der Waals surface area (Å²) in [6.45, 7) is 8.93. The van der Waals surface area contributed by atoms with E-state index in [-0.39, 0.29) is 17.5 Å². The summed E-state index contributed by atoms with van der Waals surface area (Å²) in [5.74, 6) is 0.0373. The van der Waals surface area contributed by atoms with E-state index in [9.17, 15) is 4.79 Å². The van der Waals surface area contributed by atoms with E-state index >= 15 is 0 Å². The molecule has 2 unspecified atom stereocenters. The van der Waals surface area contributed by atoms with Gasteiger partial charge in [0.15, 0.2) is 0 Å². The van der Waals surface area contributed by atoms with Gasteiger partial charge in [-0.05, 0) is 54.7 Å². The van der Waals surface area contributed by atoms with Crippen LogP contribution in [0, 0.1) is 11.3 Å². The van der Waals surface area contributed by atoms with Crippen LogP contribution in [0.4, 0.5) is 0 Å². The van der Waals surface area contributed by atoms with Gasteiger partial charge >= 0.3 is 5.97 Å². The average molecular weight is 361 g/mol. The van der Waals surface area contributed by atoms with Gasteiger partial charge in [0, 0.05) is 0 Å². The summed E-state index contributed by atoms with van der Waals surface area (Å²) in [7, 11) is 0. The third-order valence-corrected chi connectivity index (χ3v) is 5.57. The summed E-state index contributed by atoms with van der Waals surface area (Å²) < 4.78 is 0. The molecule has 1 saturated carbocycles. The Kier molecular flexibility index (Phi) is 8.15. The van der Waals surface area contributed by atoms with Crippen LogP contribution in [0.2, 0.25) is 0 Å². The molecule has 1 aromatic rings. The Bertz CT molecular complexity index is 542. The minimum absolute atomic E-state index is 0.00513. The van der Waals surface area contributed by atoms with Gasteiger partial charge in [0.2, 0.25) is 0 Å². The first-order chi connectivity index (χ1) is 12.4. The SMILES string of the molecule is CCCCCCc1ccc(C(=O)OOC2CCCCC2C(C)(C)C)cc1. The van der Waals surface area contributed by atoms with Gasteiger partial charge in [0.25, 0.3) is 0 Å². The third-order valence-electron chi connectivity index (χ3n) is 5.57. The lowest BCUT2D eigenvalue weighted by molar-refractivity contribution is -0.297. The van der Waals surface area contributed by atoms with Crippen molar-refractivity contribution in [2.45, 2.75) is 91.6 Å². The quantitative estimate of drug-likeness (QED) is 0.301. The van der Waals surface area contributed by atoms with Crippen molar-refractivity contribution in [2.75, 3.05) is 0 Å². The van der Waals surface area contributed by atoms with Gasteiger partial charge in [0.05, 0.1) is 5.56 Å². The van der Waals surface area contributed by atoms with Crippen molar-refractivity contribution < 1.29 is 14.6 Å². The Morgan fingerprint density at radius 2 is 1.73 bits per heavy atom. The second-order valence-corrected chi connectivity index (χ2v) is 8.77. The summed E-state index contributed by atoms with van der Waals surface area (Å²) in [4.78, 5) is 23.1. The fraction of sp³-hybridized carbons (Fsp3) is 0.696. The number of carbonyl (C=O) groups is 1. The molecule has 0 saturated heterocycles. The molecule has 0 bridgehead atoms. The third kappa shape index (κ3) is 6.42. The highest BCUT2D eigenvalue weighted by Crippen LogP contribution is 2.39. The fourth-order valence-electron chi connectivity index (χ4n) is 3.92. The Morgan fingerprint density at radius 3 is 2.38 bits per heavy atom. The maximum absolute atomic E-state index is 12.3. The van der Waals surface area contributed by atoms with E-state index in [1.54, 1.807) is 0 Å². The smallest absolute Gasteiger partial charge is 0.293 e. The van der Waals surface area contributed by atoms with Crippen LogP contribution in [0.5, 0.6) is 0 Å². The standard InChI is InChI=1S/C23H36O3/c1-5-6-7-8-11-18-14-16-19(17-15-18)22(24)26-25-21-13-10-9-12-20(21)23(2,3)4/h14-17,20-21H,5-13H2,1-4H3. The van der Waals surface area contributed by atoms with E-state index in [1.807, 2.05) is 24.3 Å². The van der Waals surface area contributed by atoms with E-state index in [0.29, 0.717) is 11.5 Å². The molecule has 3 heteroatoms. The second kappa shape index (κ2) is 10.1. The van der Waals surface area contributed by atoms with Gasteiger partial charge < -0.3 is 0 Å². The topological polar surface area (TPSA) is 35.5 Å². The molecule has 1 aromatic carbocycles. The van der Waals surface area contributed by atoms with Crippen molar-refractivity contribution in [1.82, 2.24) is 0 Å². The molecule has 3 nitrogen and oxygen atoms in total. The first-order valence-electron chi connectivity index (χ1n) is 10.4. The molecule has 2 atom stereocenters. The van der Waals surface area contributed by atoms with E-state index in [0.717, 1.165) is 25.7 Å². The van der Waals surface area contributed by atoms with Crippen molar-refractivity contribution in [1.29, 1.82) is 0 Å². The molecular formula is C23H36O3. The molecule has 146 valence electrons. The van der Waals surface area contributed by atoms with Crippen LogP contribution >= 0.6 is 0 Å². The van der Waals surface area contributed by atoms with Crippen LogP contribution in [0.3, 0.4) is 0 Å². The average Bonchev–Trinajstić information content (AvgIpc) is 2.63. The molecule has 0 N–H and O–H groups in total. The van der Waals surface area contributed by atoms with Crippen molar-refractivity contribution >= 4 is 5.97 Å². The lowest BCUT2D eigenvalue weighted by Gasteiger charge is -2.38. The summed E-state index contributed by atoms with van der Waals surface area (Å²) in [6, 6.07) is 7.76. The number of rotatable bonds is 8. The number of hydrogen-bond acceptors (Lipinski definition) is 3. The molecule has 1 aliphatic carbocycles. The highest BCUT2D eigenvalue weighted by Gasteiger charge is 2.36. The molecule has 1 fully saturated rings. The zero-order valence-electron chi connectivity index (χ0n) is 17.1. The van der Waals surface area contributed by atoms with Crippen LogP contribution in [-0.2, 0) is 16.2 Å². The predicted molar refractivity (Wildman–Crippen MR) is 106 cm³/mol. The maximum atomic E-state index is 12.3. The van der Waals surface area contributed by atoms with Gasteiger partial charge in [-0.3, -0.25) is 4.89 Å². The Balaban J connectivity index is 1.83. The molecule has 0 amide bonds. The Morgan fingerprint density at radius 1 is 1.04 bits per heavy atom. The lowest BCUT2D eigenvalue weighted by Crippen LogP contribution is -2.37. The van der Waals surface area contributed by atoms with Crippen LogP contribution in [0.15, 0.2) is 24.3 Å². The molecular weight excluding hydrogens is 324 g/mol. The Labute approximate surface area is 159 Å². The van der Waals surface area contributed by atoms with Crippen molar-refractivity contribution in [3.63, 3.8) is 0 Å².